The molecule has 1 saturated carbocycles. The maximum absolute atomic E-state index is 13.7. The zero-order chi connectivity index (χ0) is 28.7. The quantitative estimate of drug-likeness (QED) is 0.359. The Labute approximate surface area is 238 Å². The highest BCUT2D eigenvalue weighted by Crippen LogP contribution is 2.44. The molecule has 0 spiro atoms. The topological polar surface area (TPSA) is 91.8 Å². The van der Waals surface area contributed by atoms with Crippen molar-refractivity contribution >= 4 is 23.4 Å². The molecule has 3 aliphatic rings. The minimum Gasteiger partial charge on any atom is -0.379 e. The molecule has 3 heterocycles. The normalized spacial score (nSPS) is 18.8. The third kappa shape index (κ3) is 8.52. The van der Waals surface area contributed by atoms with Gasteiger partial charge in [0.1, 0.15) is 18.0 Å². The minimum atomic E-state index is -4.60. The highest BCUT2D eigenvalue weighted by Gasteiger charge is 2.35. The molecule has 12 heteroatoms. The number of aromatic nitrogens is 2. The number of morpholine rings is 1. The maximum Gasteiger partial charge on any atom is 0.421 e. The van der Waals surface area contributed by atoms with Crippen LogP contribution in [-0.2, 0) is 26.9 Å². The van der Waals surface area contributed by atoms with E-state index >= 15 is 0 Å². The summed E-state index contributed by atoms with van der Waals surface area (Å²) in [6.45, 7) is 6.44. The number of aryl methyl sites for hydroxylation is 1. The summed E-state index contributed by atoms with van der Waals surface area (Å²) in [4.78, 5) is 24.4. The minimum absolute atomic E-state index is 0.0465. The molecule has 2 saturated heterocycles. The van der Waals surface area contributed by atoms with Crippen LogP contribution in [0.25, 0.3) is 0 Å². The van der Waals surface area contributed by atoms with E-state index in [0.717, 1.165) is 82.4 Å². The van der Waals surface area contributed by atoms with Crippen molar-refractivity contribution in [1.82, 2.24) is 19.8 Å². The van der Waals surface area contributed by atoms with E-state index in [9.17, 15) is 18.0 Å². The molecule has 0 bridgehead atoms. The van der Waals surface area contributed by atoms with Gasteiger partial charge in [0.15, 0.2) is 0 Å². The average Bonchev–Trinajstić information content (AvgIpc) is 3.81. The highest BCUT2D eigenvalue weighted by atomic mass is 19.4. The van der Waals surface area contributed by atoms with Crippen molar-refractivity contribution in [2.24, 2.45) is 0 Å². The Morgan fingerprint density at radius 3 is 2.63 bits per heavy atom. The van der Waals surface area contributed by atoms with E-state index < -0.39 is 11.7 Å². The Morgan fingerprint density at radius 1 is 1.02 bits per heavy atom. The van der Waals surface area contributed by atoms with Gasteiger partial charge in [0, 0.05) is 51.2 Å². The van der Waals surface area contributed by atoms with Crippen molar-refractivity contribution in [3.05, 3.63) is 41.1 Å². The lowest BCUT2D eigenvalue weighted by molar-refractivity contribution is -0.137. The molecule has 0 unspecified atom stereocenters. The molecule has 1 aromatic heterocycles. The van der Waals surface area contributed by atoms with Crippen molar-refractivity contribution in [3.8, 4) is 0 Å². The second-order valence-electron chi connectivity index (χ2n) is 10.9. The fraction of sp³-hybridized carbons (Fsp3) is 0.621. The van der Waals surface area contributed by atoms with Crippen LogP contribution in [0.2, 0.25) is 0 Å². The summed E-state index contributed by atoms with van der Waals surface area (Å²) < 4.78 is 51.9. The Balaban J connectivity index is 1.22. The predicted octanol–water partition coefficient (Wildman–Crippen LogP) is 4.43. The number of halogens is 3. The van der Waals surface area contributed by atoms with E-state index in [1.54, 1.807) is 4.90 Å². The summed E-state index contributed by atoms with van der Waals surface area (Å²) in [5.74, 6) is 0.188. The Bertz CT molecular complexity index is 1170. The van der Waals surface area contributed by atoms with E-state index in [1.165, 1.54) is 5.56 Å². The molecule has 1 aliphatic carbocycles. The largest absolute Gasteiger partial charge is 0.421 e. The van der Waals surface area contributed by atoms with Gasteiger partial charge in [0.05, 0.1) is 13.2 Å². The average molecular weight is 577 g/mol. The number of alkyl halides is 3. The summed E-state index contributed by atoms with van der Waals surface area (Å²) in [7, 11) is 0. The number of ether oxygens (including phenoxy) is 2. The number of nitrogens with zero attached hydrogens (tertiary/aromatic N) is 4. The Hall–Kier alpha value is -2.96. The Morgan fingerprint density at radius 2 is 1.85 bits per heavy atom. The maximum atomic E-state index is 13.7. The molecular formula is C29H39F3N6O3. The van der Waals surface area contributed by atoms with Crippen LogP contribution in [0.5, 0.6) is 0 Å². The molecule has 5 rings (SSSR count). The summed E-state index contributed by atoms with van der Waals surface area (Å²) in [5, 5.41) is 6.02. The summed E-state index contributed by atoms with van der Waals surface area (Å²) in [6, 6.07) is 6.29. The number of carbonyl (C=O) groups excluding carboxylic acids is 1. The second kappa shape index (κ2) is 13.8. The van der Waals surface area contributed by atoms with Crippen LogP contribution < -0.4 is 10.6 Å². The molecular weight excluding hydrogens is 537 g/mol. The van der Waals surface area contributed by atoms with Crippen molar-refractivity contribution in [2.45, 2.75) is 50.6 Å². The van der Waals surface area contributed by atoms with Gasteiger partial charge in [0.25, 0.3) is 0 Å². The highest BCUT2D eigenvalue weighted by molar-refractivity contribution is 5.77. The van der Waals surface area contributed by atoms with Gasteiger partial charge in [0.2, 0.25) is 11.9 Å². The van der Waals surface area contributed by atoms with E-state index in [1.807, 2.05) is 6.07 Å². The van der Waals surface area contributed by atoms with Gasteiger partial charge >= 0.3 is 6.18 Å². The summed E-state index contributed by atoms with van der Waals surface area (Å²) >= 11 is 0. The van der Waals surface area contributed by atoms with E-state index in [2.05, 4.69) is 37.6 Å². The van der Waals surface area contributed by atoms with Crippen molar-refractivity contribution in [1.29, 1.82) is 0 Å². The molecule has 224 valence electrons. The molecule has 0 atom stereocenters. The molecule has 9 nitrogen and oxygen atoms in total. The zero-order valence-electron chi connectivity index (χ0n) is 23.3. The van der Waals surface area contributed by atoms with Crippen LogP contribution in [0.4, 0.5) is 30.6 Å². The van der Waals surface area contributed by atoms with Crippen molar-refractivity contribution < 1.29 is 27.4 Å². The number of amides is 1. The van der Waals surface area contributed by atoms with Gasteiger partial charge in [-0.1, -0.05) is 12.1 Å². The molecule has 0 radical (unpaired) electrons. The first-order valence-electron chi connectivity index (χ1n) is 14.6. The fourth-order valence-electron chi connectivity index (χ4n) is 5.30. The van der Waals surface area contributed by atoms with Gasteiger partial charge < -0.3 is 25.0 Å². The first kappa shape index (κ1) is 29.5. The lowest BCUT2D eigenvalue weighted by atomic mass is 10.0. The molecule has 41 heavy (non-hydrogen) atoms. The first-order valence-corrected chi connectivity index (χ1v) is 14.6. The van der Waals surface area contributed by atoms with E-state index in [4.69, 9.17) is 9.47 Å². The number of nitrogens with one attached hydrogen (secondary N) is 2. The molecule has 1 aromatic carbocycles. The smallest absolute Gasteiger partial charge is 0.379 e. The number of hydrogen-bond acceptors (Lipinski definition) is 8. The van der Waals surface area contributed by atoms with Crippen LogP contribution in [0.15, 0.2) is 24.4 Å². The standard InChI is InChI=1S/C29H39F3N6O3/c30-29(31,32)24-19-34-28(36-27(24)33-9-2-11-38-12-3-15-41-20-26(38)39)35-25-8-5-21(18-23(25)22-6-7-22)4-1-10-37-13-16-40-17-14-37/h5,8,18-19,22H,1-4,6-7,9-17,20H2,(H2,33,34,35,36). The predicted molar refractivity (Wildman–Crippen MR) is 149 cm³/mol. The third-order valence-electron chi connectivity index (χ3n) is 7.71. The molecule has 2 aromatic rings. The fourth-order valence-corrected chi connectivity index (χ4v) is 5.30. The summed E-state index contributed by atoms with van der Waals surface area (Å²) in [6.07, 6.45) is 1.68. The number of hydrogen-bond donors (Lipinski definition) is 2. The SMILES string of the molecule is O=C1COCCCN1CCCNc1nc(Nc2ccc(CCCN3CCOCC3)cc2C2CC2)ncc1C(F)(F)F. The summed E-state index contributed by atoms with van der Waals surface area (Å²) in [5.41, 5.74) is 2.34. The molecule has 3 fully saturated rings. The number of benzene rings is 1. The number of rotatable bonds is 12. The van der Waals surface area contributed by atoms with Crippen LogP contribution >= 0.6 is 0 Å². The van der Waals surface area contributed by atoms with Gasteiger partial charge in [-0.25, -0.2) is 4.98 Å². The zero-order valence-corrected chi connectivity index (χ0v) is 23.3. The Kier molecular flexibility index (Phi) is 9.94. The van der Waals surface area contributed by atoms with Gasteiger partial charge in [-0.3, -0.25) is 9.69 Å². The molecule has 1 amide bonds. The van der Waals surface area contributed by atoms with E-state index in [-0.39, 0.29) is 30.8 Å². The monoisotopic (exact) mass is 576 g/mol. The van der Waals surface area contributed by atoms with Gasteiger partial charge in [-0.2, -0.15) is 18.2 Å². The van der Waals surface area contributed by atoms with Gasteiger partial charge in [-0.15, -0.1) is 0 Å². The first-order chi connectivity index (χ1) is 19.9. The number of anilines is 3. The molecule has 2 aliphatic heterocycles. The van der Waals surface area contributed by atoms with Crippen molar-refractivity contribution in [3.63, 3.8) is 0 Å². The lowest BCUT2D eigenvalue weighted by Gasteiger charge is -2.26. The van der Waals surface area contributed by atoms with E-state index in [0.29, 0.717) is 32.0 Å². The van der Waals surface area contributed by atoms with Crippen LogP contribution in [0.3, 0.4) is 0 Å². The second-order valence-corrected chi connectivity index (χ2v) is 10.9. The third-order valence-corrected chi connectivity index (χ3v) is 7.71. The van der Waals surface area contributed by atoms with Crippen LogP contribution in [-0.4, -0.2) is 91.4 Å². The number of carbonyl (C=O) groups is 1. The van der Waals surface area contributed by atoms with Crippen LogP contribution in [0.1, 0.15) is 54.7 Å². The molecule has 2 N–H and O–H groups in total. The van der Waals surface area contributed by atoms with Gasteiger partial charge in [-0.05, 0) is 68.2 Å². The lowest BCUT2D eigenvalue weighted by Crippen LogP contribution is -2.36. The van der Waals surface area contributed by atoms with Crippen LogP contribution in [0, 0.1) is 0 Å². The van der Waals surface area contributed by atoms with Crippen molar-refractivity contribution in [2.75, 3.05) is 76.3 Å².